The van der Waals surface area contributed by atoms with Gasteiger partial charge in [0, 0.05) is 39.5 Å². The highest BCUT2D eigenvalue weighted by Gasteiger charge is 2.31. The number of fused-ring (bicyclic) bond motifs is 2. The molecule has 34 heavy (non-hydrogen) atoms. The third kappa shape index (κ3) is 4.74. The lowest BCUT2D eigenvalue weighted by Gasteiger charge is -2.29. The molecule has 0 bridgehead atoms. The largest absolute Gasteiger partial charge is 0.490 e. The molecule has 0 heterocycles. The van der Waals surface area contributed by atoms with E-state index in [4.69, 9.17) is 14.2 Å². The number of ether oxygens (including phenoxy) is 3. The zero-order valence-corrected chi connectivity index (χ0v) is 19.8. The SMILES string of the molecule is C=C(C)C(=O)Oc1c2c(c(OC(=O)C(=C)C)c3ccccc13)CC(Oc1ccc(C)cc1)CC2. The van der Waals surface area contributed by atoms with Crippen LogP contribution in [0.3, 0.4) is 0 Å². The van der Waals surface area contributed by atoms with Gasteiger partial charge in [0.05, 0.1) is 0 Å². The van der Waals surface area contributed by atoms with Gasteiger partial charge in [0.1, 0.15) is 23.4 Å². The fourth-order valence-electron chi connectivity index (χ4n) is 4.10. The number of benzene rings is 3. The minimum absolute atomic E-state index is 0.122. The molecule has 0 amide bonds. The summed E-state index contributed by atoms with van der Waals surface area (Å²) in [5.41, 5.74) is 3.43. The van der Waals surface area contributed by atoms with E-state index in [-0.39, 0.29) is 6.10 Å². The normalized spacial score (nSPS) is 14.7. The summed E-state index contributed by atoms with van der Waals surface area (Å²) in [6, 6.07) is 15.4. The second-order valence-electron chi connectivity index (χ2n) is 8.80. The highest BCUT2D eigenvalue weighted by Crippen LogP contribution is 2.45. The van der Waals surface area contributed by atoms with Gasteiger partial charge in [-0.1, -0.05) is 55.1 Å². The quantitative estimate of drug-likeness (QED) is 0.257. The molecule has 0 saturated carbocycles. The Morgan fingerprint density at radius 3 is 1.88 bits per heavy atom. The highest BCUT2D eigenvalue weighted by atomic mass is 16.5. The van der Waals surface area contributed by atoms with Crippen molar-refractivity contribution < 1.29 is 23.8 Å². The van der Waals surface area contributed by atoms with Crippen molar-refractivity contribution in [3.8, 4) is 17.2 Å². The van der Waals surface area contributed by atoms with Gasteiger partial charge >= 0.3 is 11.9 Å². The molecule has 0 fully saturated rings. The smallest absolute Gasteiger partial charge is 0.338 e. The Morgan fingerprint density at radius 1 is 0.824 bits per heavy atom. The first-order valence-corrected chi connectivity index (χ1v) is 11.3. The van der Waals surface area contributed by atoms with E-state index in [0.29, 0.717) is 46.3 Å². The average Bonchev–Trinajstić information content (AvgIpc) is 2.82. The molecular formula is C29H28O5. The number of hydrogen-bond donors (Lipinski definition) is 0. The fourth-order valence-corrected chi connectivity index (χ4v) is 4.10. The molecule has 0 radical (unpaired) electrons. The number of hydrogen-bond acceptors (Lipinski definition) is 5. The van der Waals surface area contributed by atoms with Crippen molar-refractivity contribution in [1.82, 2.24) is 0 Å². The van der Waals surface area contributed by atoms with Crippen LogP contribution in [0.1, 0.15) is 37.0 Å². The Labute approximate surface area is 199 Å². The molecule has 174 valence electrons. The highest BCUT2D eigenvalue weighted by molar-refractivity contribution is 6.01. The van der Waals surface area contributed by atoms with Crippen LogP contribution in [0.2, 0.25) is 0 Å². The predicted molar refractivity (Wildman–Crippen MR) is 132 cm³/mol. The number of carbonyl (C=O) groups excluding carboxylic acids is 2. The van der Waals surface area contributed by atoms with Crippen molar-refractivity contribution >= 4 is 22.7 Å². The van der Waals surface area contributed by atoms with Crippen molar-refractivity contribution in [2.24, 2.45) is 0 Å². The molecule has 5 nitrogen and oxygen atoms in total. The number of aryl methyl sites for hydroxylation is 1. The van der Waals surface area contributed by atoms with E-state index in [1.165, 1.54) is 0 Å². The van der Waals surface area contributed by atoms with Gasteiger partial charge in [0.2, 0.25) is 0 Å². The van der Waals surface area contributed by atoms with Gasteiger partial charge in [-0.25, -0.2) is 9.59 Å². The lowest BCUT2D eigenvalue weighted by atomic mass is 9.85. The molecule has 1 aliphatic rings. The van der Waals surface area contributed by atoms with E-state index in [1.807, 2.05) is 55.5 Å². The minimum atomic E-state index is -0.499. The van der Waals surface area contributed by atoms with Gasteiger partial charge in [-0.15, -0.1) is 0 Å². The maximum Gasteiger partial charge on any atom is 0.338 e. The summed E-state index contributed by atoms with van der Waals surface area (Å²) < 4.78 is 17.9. The molecule has 0 spiro atoms. The zero-order valence-electron chi connectivity index (χ0n) is 19.8. The molecular weight excluding hydrogens is 428 g/mol. The van der Waals surface area contributed by atoms with Crippen LogP contribution in [-0.2, 0) is 22.4 Å². The van der Waals surface area contributed by atoms with Crippen molar-refractivity contribution in [2.75, 3.05) is 0 Å². The van der Waals surface area contributed by atoms with Gasteiger partial charge in [-0.3, -0.25) is 0 Å². The molecule has 1 aliphatic carbocycles. The summed E-state index contributed by atoms with van der Waals surface area (Å²) in [5.74, 6) is 0.750. The van der Waals surface area contributed by atoms with Gasteiger partial charge in [0.15, 0.2) is 0 Å². The topological polar surface area (TPSA) is 61.8 Å². The van der Waals surface area contributed by atoms with Crippen molar-refractivity contribution in [3.05, 3.63) is 89.5 Å². The summed E-state index contributed by atoms with van der Waals surface area (Å²) in [5, 5.41) is 1.40. The van der Waals surface area contributed by atoms with Crippen LogP contribution in [0, 0.1) is 6.92 Å². The molecule has 0 saturated heterocycles. The van der Waals surface area contributed by atoms with Gasteiger partial charge < -0.3 is 14.2 Å². The number of rotatable bonds is 6. The van der Waals surface area contributed by atoms with E-state index in [1.54, 1.807) is 13.8 Å². The first-order valence-electron chi connectivity index (χ1n) is 11.3. The number of esters is 2. The van der Waals surface area contributed by atoms with E-state index in [2.05, 4.69) is 13.2 Å². The number of carbonyl (C=O) groups is 2. The Morgan fingerprint density at radius 2 is 1.35 bits per heavy atom. The summed E-state index contributed by atoms with van der Waals surface area (Å²) in [7, 11) is 0. The van der Waals surface area contributed by atoms with Crippen LogP contribution >= 0.6 is 0 Å². The molecule has 5 heteroatoms. The molecule has 3 aromatic carbocycles. The maximum absolute atomic E-state index is 12.5. The lowest BCUT2D eigenvalue weighted by molar-refractivity contribution is -0.131. The molecule has 4 rings (SSSR count). The average molecular weight is 457 g/mol. The third-order valence-corrected chi connectivity index (χ3v) is 5.89. The van der Waals surface area contributed by atoms with Crippen LogP contribution in [0.15, 0.2) is 72.8 Å². The molecule has 0 aliphatic heterocycles. The zero-order chi connectivity index (χ0) is 24.4. The first-order chi connectivity index (χ1) is 16.2. The Hall–Kier alpha value is -3.86. The van der Waals surface area contributed by atoms with Crippen molar-refractivity contribution in [1.29, 1.82) is 0 Å². The van der Waals surface area contributed by atoms with E-state index in [0.717, 1.165) is 28.9 Å². The van der Waals surface area contributed by atoms with Gasteiger partial charge in [0.25, 0.3) is 0 Å². The third-order valence-electron chi connectivity index (χ3n) is 5.89. The maximum atomic E-state index is 12.5. The second kappa shape index (κ2) is 9.56. The van der Waals surface area contributed by atoms with Crippen LogP contribution in [0.4, 0.5) is 0 Å². The van der Waals surface area contributed by atoms with Gasteiger partial charge in [-0.05, 0) is 45.7 Å². The van der Waals surface area contributed by atoms with Crippen LogP contribution in [-0.4, -0.2) is 18.0 Å². The Bertz CT molecular complexity index is 1300. The molecule has 1 unspecified atom stereocenters. The molecule has 0 aromatic heterocycles. The summed E-state index contributed by atoms with van der Waals surface area (Å²) in [6.07, 6.45) is 1.71. The Kier molecular flexibility index (Phi) is 6.55. The summed E-state index contributed by atoms with van der Waals surface area (Å²) in [4.78, 5) is 25.0. The van der Waals surface area contributed by atoms with Crippen LogP contribution in [0.5, 0.6) is 17.2 Å². The first kappa shape index (κ1) is 23.3. The lowest BCUT2D eigenvalue weighted by Crippen LogP contribution is -2.27. The van der Waals surface area contributed by atoms with Crippen LogP contribution < -0.4 is 14.2 Å². The molecule has 0 N–H and O–H groups in total. The molecule has 3 aromatic rings. The van der Waals surface area contributed by atoms with E-state index >= 15 is 0 Å². The van der Waals surface area contributed by atoms with Crippen molar-refractivity contribution in [3.63, 3.8) is 0 Å². The summed E-state index contributed by atoms with van der Waals surface area (Å²) in [6.45, 7) is 12.7. The minimum Gasteiger partial charge on any atom is -0.490 e. The van der Waals surface area contributed by atoms with Crippen molar-refractivity contribution in [2.45, 2.75) is 46.1 Å². The standard InChI is InChI=1S/C29H28O5/c1-17(2)28(30)33-26-22-8-6-7-9-23(22)27(34-29(31)18(3)4)25-16-21(14-15-24(25)26)32-20-12-10-19(5)11-13-20/h6-13,21H,1,3,14-16H2,2,4-5H3. The van der Waals surface area contributed by atoms with E-state index < -0.39 is 11.9 Å². The summed E-state index contributed by atoms with van der Waals surface area (Å²) >= 11 is 0. The second-order valence-corrected chi connectivity index (χ2v) is 8.80. The molecule has 1 atom stereocenters. The Balaban J connectivity index is 1.83. The van der Waals surface area contributed by atoms with Crippen LogP contribution in [0.25, 0.3) is 10.8 Å². The monoisotopic (exact) mass is 456 g/mol. The fraction of sp³-hybridized carbons (Fsp3) is 0.241. The van der Waals surface area contributed by atoms with Gasteiger partial charge in [-0.2, -0.15) is 0 Å². The predicted octanol–water partition coefficient (Wildman–Crippen LogP) is 6.05. The van der Waals surface area contributed by atoms with E-state index in [9.17, 15) is 9.59 Å².